The van der Waals surface area contributed by atoms with Gasteiger partial charge in [-0.1, -0.05) is 13.8 Å². The summed E-state index contributed by atoms with van der Waals surface area (Å²) in [4.78, 5) is 16.1. The fourth-order valence-electron chi connectivity index (χ4n) is 2.32. The molecular weight excluding hydrogens is 228 g/mol. The highest BCUT2D eigenvalue weighted by molar-refractivity contribution is 5.68. The minimum Gasteiger partial charge on any atom is -0.444 e. The van der Waals surface area contributed by atoms with Crippen LogP contribution < -0.4 is 0 Å². The Balaban J connectivity index is 2.43. The van der Waals surface area contributed by atoms with Crippen molar-refractivity contribution in [1.29, 1.82) is 0 Å². The van der Waals surface area contributed by atoms with E-state index in [2.05, 4.69) is 25.8 Å². The Morgan fingerprint density at radius 1 is 1.44 bits per heavy atom. The number of hydrogen-bond donors (Lipinski definition) is 0. The molecule has 0 bridgehead atoms. The summed E-state index contributed by atoms with van der Waals surface area (Å²) in [5.41, 5.74) is -0.404. The molecule has 1 saturated heterocycles. The van der Waals surface area contributed by atoms with E-state index in [1.807, 2.05) is 25.7 Å². The molecule has 1 rings (SSSR count). The first-order valence-corrected chi connectivity index (χ1v) is 6.87. The van der Waals surface area contributed by atoms with Gasteiger partial charge in [-0.2, -0.15) is 0 Å². The average Bonchev–Trinajstić information content (AvgIpc) is 2.61. The topological polar surface area (TPSA) is 32.8 Å². The molecule has 0 saturated carbocycles. The summed E-state index contributed by atoms with van der Waals surface area (Å²) in [5, 5.41) is 0. The van der Waals surface area contributed by atoms with E-state index in [0.717, 1.165) is 26.1 Å². The zero-order valence-electron chi connectivity index (χ0n) is 12.7. The Bertz CT molecular complexity index is 284. The van der Waals surface area contributed by atoms with Gasteiger partial charge >= 0.3 is 6.09 Å². The van der Waals surface area contributed by atoms with E-state index in [1.165, 1.54) is 0 Å². The van der Waals surface area contributed by atoms with Crippen molar-refractivity contribution in [2.45, 2.75) is 52.7 Å². The normalized spacial score (nSPS) is 20.9. The molecule has 1 aliphatic heterocycles. The average molecular weight is 256 g/mol. The highest BCUT2D eigenvalue weighted by Gasteiger charge is 2.31. The van der Waals surface area contributed by atoms with Gasteiger partial charge in [0, 0.05) is 25.7 Å². The third kappa shape index (κ3) is 4.84. The van der Waals surface area contributed by atoms with Crippen molar-refractivity contribution in [3.8, 4) is 0 Å². The van der Waals surface area contributed by atoms with Crippen LogP contribution in [0.3, 0.4) is 0 Å². The fourth-order valence-corrected chi connectivity index (χ4v) is 2.32. The molecule has 0 aromatic heterocycles. The van der Waals surface area contributed by atoms with Crippen LogP contribution in [0.15, 0.2) is 0 Å². The van der Waals surface area contributed by atoms with Gasteiger partial charge in [0.2, 0.25) is 0 Å². The number of nitrogens with zero attached hydrogens (tertiary/aromatic N) is 2. The molecule has 0 aromatic rings. The Hall–Kier alpha value is -0.770. The minimum atomic E-state index is -0.404. The predicted octanol–water partition coefficient (Wildman–Crippen LogP) is 2.58. The van der Waals surface area contributed by atoms with Gasteiger partial charge in [-0.25, -0.2) is 4.79 Å². The number of carbonyl (C=O) groups excluding carboxylic acids is 1. The largest absolute Gasteiger partial charge is 0.444 e. The summed E-state index contributed by atoms with van der Waals surface area (Å²) < 4.78 is 5.40. The van der Waals surface area contributed by atoms with E-state index >= 15 is 0 Å². The van der Waals surface area contributed by atoms with Crippen LogP contribution in [0, 0.1) is 5.92 Å². The molecule has 0 unspecified atom stereocenters. The quantitative estimate of drug-likeness (QED) is 0.778. The molecule has 18 heavy (non-hydrogen) atoms. The van der Waals surface area contributed by atoms with Crippen molar-refractivity contribution in [2.24, 2.45) is 5.92 Å². The van der Waals surface area contributed by atoms with Crippen LogP contribution in [0.2, 0.25) is 0 Å². The third-order valence-electron chi connectivity index (χ3n) is 3.09. The molecule has 1 fully saturated rings. The van der Waals surface area contributed by atoms with Gasteiger partial charge in [-0.15, -0.1) is 0 Å². The number of carbonyl (C=O) groups is 1. The van der Waals surface area contributed by atoms with Gasteiger partial charge in [0.1, 0.15) is 5.60 Å². The van der Waals surface area contributed by atoms with Crippen molar-refractivity contribution in [1.82, 2.24) is 9.80 Å². The van der Waals surface area contributed by atoms with Crippen molar-refractivity contribution in [3.63, 3.8) is 0 Å². The lowest BCUT2D eigenvalue weighted by Gasteiger charge is -2.27. The maximum absolute atomic E-state index is 11.9. The molecule has 0 aromatic carbocycles. The Morgan fingerprint density at radius 3 is 2.56 bits per heavy atom. The lowest BCUT2D eigenvalue weighted by atomic mass is 10.1. The summed E-state index contributed by atoms with van der Waals surface area (Å²) in [6.45, 7) is 12.8. The molecular formula is C14H28N2O2. The number of ether oxygens (including phenoxy) is 1. The predicted molar refractivity (Wildman–Crippen MR) is 73.7 cm³/mol. The van der Waals surface area contributed by atoms with Gasteiger partial charge < -0.3 is 14.5 Å². The van der Waals surface area contributed by atoms with Crippen LogP contribution in [0.25, 0.3) is 0 Å². The summed E-state index contributed by atoms with van der Waals surface area (Å²) in [6, 6.07) is 0.472. The van der Waals surface area contributed by atoms with Crippen molar-refractivity contribution in [3.05, 3.63) is 0 Å². The molecule has 1 heterocycles. The number of rotatable bonds is 3. The van der Waals surface area contributed by atoms with Gasteiger partial charge in [0.05, 0.1) is 0 Å². The van der Waals surface area contributed by atoms with E-state index in [4.69, 9.17) is 4.74 Å². The summed E-state index contributed by atoms with van der Waals surface area (Å²) in [6.07, 6.45) is 0.866. The van der Waals surface area contributed by atoms with Crippen molar-refractivity contribution < 1.29 is 9.53 Å². The fraction of sp³-hybridized carbons (Fsp3) is 0.929. The van der Waals surface area contributed by atoms with Crippen molar-refractivity contribution >= 4 is 6.09 Å². The number of likely N-dealkylation sites (tertiary alicyclic amines) is 1. The van der Waals surface area contributed by atoms with Crippen LogP contribution in [0.5, 0.6) is 0 Å². The molecule has 4 nitrogen and oxygen atoms in total. The Morgan fingerprint density at radius 2 is 2.06 bits per heavy atom. The third-order valence-corrected chi connectivity index (χ3v) is 3.09. The van der Waals surface area contributed by atoms with Crippen LogP contribution >= 0.6 is 0 Å². The van der Waals surface area contributed by atoms with Crippen LogP contribution in [-0.2, 0) is 4.74 Å². The van der Waals surface area contributed by atoms with Crippen LogP contribution in [-0.4, -0.2) is 54.2 Å². The lowest BCUT2D eigenvalue weighted by molar-refractivity contribution is 0.0282. The van der Waals surface area contributed by atoms with Gasteiger partial charge in [-0.05, 0) is 40.2 Å². The maximum atomic E-state index is 11.9. The zero-order chi connectivity index (χ0) is 13.9. The Labute approximate surface area is 111 Å². The number of amides is 1. The van der Waals surface area contributed by atoms with Crippen molar-refractivity contribution in [2.75, 3.05) is 26.7 Å². The zero-order valence-corrected chi connectivity index (χ0v) is 12.7. The molecule has 0 N–H and O–H groups in total. The Kier molecular flexibility index (Phi) is 5.02. The first-order chi connectivity index (χ1) is 8.19. The second-order valence-corrected chi connectivity index (χ2v) is 6.70. The molecule has 0 radical (unpaired) electrons. The first-order valence-electron chi connectivity index (χ1n) is 6.87. The summed E-state index contributed by atoms with van der Waals surface area (Å²) >= 11 is 0. The second kappa shape index (κ2) is 5.91. The first kappa shape index (κ1) is 15.3. The SMILES string of the molecule is CC(C)CN(C)[C@@H]1CCN(C(=O)OC(C)(C)C)C1. The van der Waals surface area contributed by atoms with E-state index in [0.29, 0.717) is 12.0 Å². The van der Waals surface area contributed by atoms with Gasteiger partial charge in [-0.3, -0.25) is 0 Å². The van der Waals surface area contributed by atoms with Crippen LogP contribution in [0.4, 0.5) is 4.79 Å². The highest BCUT2D eigenvalue weighted by atomic mass is 16.6. The van der Waals surface area contributed by atoms with E-state index < -0.39 is 5.60 Å². The van der Waals surface area contributed by atoms with E-state index in [1.54, 1.807) is 0 Å². The monoisotopic (exact) mass is 256 g/mol. The summed E-state index contributed by atoms with van der Waals surface area (Å²) in [5.74, 6) is 0.658. The number of likely N-dealkylation sites (N-methyl/N-ethyl adjacent to an activating group) is 1. The molecule has 1 atom stereocenters. The van der Waals surface area contributed by atoms with Gasteiger partial charge in [0.25, 0.3) is 0 Å². The number of hydrogen-bond acceptors (Lipinski definition) is 3. The van der Waals surface area contributed by atoms with E-state index in [9.17, 15) is 4.79 Å². The molecule has 1 aliphatic rings. The standard InChI is InChI=1S/C14H28N2O2/c1-11(2)9-15(6)12-7-8-16(10-12)13(17)18-14(3,4)5/h11-12H,7-10H2,1-6H3/t12-/m1/s1. The second-order valence-electron chi connectivity index (χ2n) is 6.70. The maximum Gasteiger partial charge on any atom is 0.410 e. The smallest absolute Gasteiger partial charge is 0.410 e. The highest BCUT2D eigenvalue weighted by Crippen LogP contribution is 2.18. The molecule has 1 amide bonds. The lowest BCUT2D eigenvalue weighted by Crippen LogP contribution is -2.40. The van der Waals surface area contributed by atoms with Gasteiger partial charge in [0.15, 0.2) is 0 Å². The molecule has 0 spiro atoms. The van der Waals surface area contributed by atoms with Crippen LogP contribution in [0.1, 0.15) is 41.0 Å². The molecule has 106 valence electrons. The molecule has 4 heteroatoms. The van der Waals surface area contributed by atoms with E-state index in [-0.39, 0.29) is 6.09 Å². The summed E-state index contributed by atoms with van der Waals surface area (Å²) in [7, 11) is 2.14. The minimum absolute atomic E-state index is 0.178. The molecule has 0 aliphatic carbocycles.